The lowest BCUT2D eigenvalue weighted by atomic mass is 9.96. The van der Waals surface area contributed by atoms with E-state index >= 15 is 0 Å². The molecule has 1 aromatic carbocycles. The molecule has 0 spiro atoms. The van der Waals surface area contributed by atoms with Crippen LogP contribution in [0.2, 0.25) is 0 Å². The molecule has 1 aliphatic carbocycles. The van der Waals surface area contributed by atoms with Crippen molar-refractivity contribution in [3.63, 3.8) is 0 Å². The SMILES string of the molecule is O=C(OCc1ccccc1)C1C=CC=CC1=C=S. The Kier molecular flexibility index (Phi) is 4.24. The van der Waals surface area contributed by atoms with Crippen LogP contribution in [0.5, 0.6) is 0 Å². The molecular weight excluding hydrogens is 244 g/mol. The van der Waals surface area contributed by atoms with Crippen LogP contribution < -0.4 is 0 Å². The zero-order chi connectivity index (χ0) is 12.8. The Labute approximate surface area is 111 Å². The Morgan fingerprint density at radius 1 is 1.28 bits per heavy atom. The molecule has 0 saturated heterocycles. The molecule has 0 aliphatic heterocycles. The van der Waals surface area contributed by atoms with Gasteiger partial charge in [-0.2, -0.15) is 0 Å². The quantitative estimate of drug-likeness (QED) is 0.614. The van der Waals surface area contributed by atoms with Crippen LogP contribution in [0, 0.1) is 5.92 Å². The summed E-state index contributed by atoms with van der Waals surface area (Å²) in [4.78, 5) is 11.9. The van der Waals surface area contributed by atoms with Crippen LogP contribution in [-0.2, 0) is 16.1 Å². The van der Waals surface area contributed by atoms with Crippen molar-refractivity contribution in [2.45, 2.75) is 6.61 Å². The Balaban J connectivity index is 1.98. The average molecular weight is 256 g/mol. The van der Waals surface area contributed by atoms with E-state index in [1.54, 1.807) is 12.2 Å². The molecule has 0 N–H and O–H groups in total. The number of hydrogen-bond donors (Lipinski definition) is 0. The molecule has 1 aliphatic rings. The molecule has 1 unspecified atom stereocenters. The van der Waals surface area contributed by atoms with Crippen molar-refractivity contribution < 1.29 is 9.53 Å². The molecule has 1 atom stereocenters. The van der Waals surface area contributed by atoms with Crippen LogP contribution >= 0.6 is 12.2 Å². The van der Waals surface area contributed by atoms with Crippen LogP contribution in [0.1, 0.15) is 5.56 Å². The van der Waals surface area contributed by atoms with E-state index in [-0.39, 0.29) is 12.6 Å². The fraction of sp³-hybridized carbons (Fsp3) is 0.133. The fourth-order valence-electron chi connectivity index (χ4n) is 1.66. The molecule has 0 saturated carbocycles. The second-order valence-electron chi connectivity index (χ2n) is 3.87. The molecule has 0 bridgehead atoms. The summed E-state index contributed by atoms with van der Waals surface area (Å²) in [6.45, 7) is 0.276. The van der Waals surface area contributed by atoms with Gasteiger partial charge in [-0.25, -0.2) is 0 Å². The number of benzene rings is 1. The molecule has 0 amide bonds. The minimum atomic E-state index is -0.434. The van der Waals surface area contributed by atoms with E-state index in [0.717, 1.165) is 5.56 Å². The predicted molar refractivity (Wildman–Crippen MR) is 74.1 cm³/mol. The number of allylic oxidation sites excluding steroid dienone is 3. The molecule has 3 heteroatoms. The highest BCUT2D eigenvalue weighted by Crippen LogP contribution is 2.18. The largest absolute Gasteiger partial charge is 0.460 e. The minimum absolute atomic E-state index is 0.276. The van der Waals surface area contributed by atoms with Crippen molar-refractivity contribution in [1.29, 1.82) is 0 Å². The van der Waals surface area contributed by atoms with E-state index in [1.165, 1.54) is 0 Å². The number of hydrogen-bond acceptors (Lipinski definition) is 3. The van der Waals surface area contributed by atoms with Gasteiger partial charge in [-0.3, -0.25) is 4.79 Å². The van der Waals surface area contributed by atoms with Gasteiger partial charge < -0.3 is 4.74 Å². The normalized spacial score (nSPS) is 17.3. The van der Waals surface area contributed by atoms with E-state index < -0.39 is 5.92 Å². The summed E-state index contributed by atoms with van der Waals surface area (Å²) >= 11 is 4.77. The Morgan fingerprint density at radius 3 is 2.78 bits per heavy atom. The van der Waals surface area contributed by atoms with Gasteiger partial charge in [0.2, 0.25) is 0 Å². The molecule has 18 heavy (non-hydrogen) atoms. The molecule has 0 radical (unpaired) electrons. The Morgan fingerprint density at radius 2 is 2.06 bits per heavy atom. The van der Waals surface area contributed by atoms with Crippen LogP contribution in [0.3, 0.4) is 0 Å². The van der Waals surface area contributed by atoms with Gasteiger partial charge in [0.25, 0.3) is 0 Å². The molecule has 0 fully saturated rings. The van der Waals surface area contributed by atoms with Crippen molar-refractivity contribution in [2.24, 2.45) is 5.92 Å². The molecule has 90 valence electrons. The van der Waals surface area contributed by atoms with Crippen molar-refractivity contribution in [3.8, 4) is 0 Å². The first-order chi connectivity index (χ1) is 8.81. The maximum Gasteiger partial charge on any atom is 0.318 e. The first-order valence-electron chi connectivity index (χ1n) is 5.61. The molecule has 0 heterocycles. The highest BCUT2D eigenvalue weighted by Gasteiger charge is 2.21. The van der Waals surface area contributed by atoms with Crippen molar-refractivity contribution in [1.82, 2.24) is 0 Å². The summed E-state index contributed by atoms with van der Waals surface area (Å²) in [5.41, 5.74) is 1.64. The number of ether oxygens (including phenoxy) is 1. The van der Waals surface area contributed by atoms with E-state index in [1.807, 2.05) is 42.5 Å². The molecular formula is C15H12O2S. The van der Waals surface area contributed by atoms with Crippen molar-refractivity contribution in [3.05, 3.63) is 65.8 Å². The monoisotopic (exact) mass is 256 g/mol. The van der Waals surface area contributed by atoms with Crippen LogP contribution in [0.4, 0.5) is 0 Å². The molecule has 0 aromatic heterocycles. The Bertz CT molecular complexity index is 537. The first-order valence-corrected chi connectivity index (χ1v) is 6.02. The standard InChI is InChI=1S/C15H12O2S/c16-15(14-9-5-4-8-13(14)11-18)17-10-12-6-2-1-3-7-12/h1-9,14H,10H2. The van der Waals surface area contributed by atoms with Gasteiger partial charge >= 0.3 is 5.97 Å². The van der Waals surface area contributed by atoms with Gasteiger partial charge in [0, 0.05) is 5.57 Å². The lowest BCUT2D eigenvalue weighted by molar-refractivity contribution is -0.146. The second kappa shape index (κ2) is 6.10. The van der Waals surface area contributed by atoms with E-state index in [9.17, 15) is 4.79 Å². The van der Waals surface area contributed by atoms with E-state index in [2.05, 4.69) is 5.02 Å². The van der Waals surface area contributed by atoms with E-state index in [0.29, 0.717) is 5.57 Å². The predicted octanol–water partition coefficient (Wildman–Crippen LogP) is 3.00. The molecule has 1 aromatic rings. The summed E-state index contributed by atoms with van der Waals surface area (Å²) < 4.78 is 5.27. The topological polar surface area (TPSA) is 26.3 Å². The highest BCUT2D eigenvalue weighted by molar-refractivity contribution is 7.78. The average Bonchev–Trinajstić information content (AvgIpc) is 2.45. The number of rotatable bonds is 3. The lowest BCUT2D eigenvalue weighted by Gasteiger charge is -2.14. The third-order valence-corrected chi connectivity index (χ3v) is 2.86. The summed E-state index contributed by atoms with van der Waals surface area (Å²) in [5, 5.41) is 2.59. The van der Waals surface area contributed by atoms with Gasteiger partial charge in [0.15, 0.2) is 0 Å². The number of esters is 1. The summed E-state index contributed by atoms with van der Waals surface area (Å²) in [7, 11) is 0. The van der Waals surface area contributed by atoms with Gasteiger partial charge in [-0.05, 0) is 28.9 Å². The number of carbonyl (C=O) groups is 1. The third-order valence-electron chi connectivity index (χ3n) is 2.62. The smallest absolute Gasteiger partial charge is 0.318 e. The Hall–Kier alpha value is -1.96. The van der Waals surface area contributed by atoms with Gasteiger partial charge in [0.05, 0.1) is 0 Å². The fourth-order valence-corrected chi connectivity index (χ4v) is 1.86. The maximum absolute atomic E-state index is 11.9. The van der Waals surface area contributed by atoms with Crippen molar-refractivity contribution >= 4 is 23.2 Å². The zero-order valence-electron chi connectivity index (χ0n) is 9.71. The second-order valence-corrected chi connectivity index (χ2v) is 4.08. The van der Waals surface area contributed by atoms with Gasteiger partial charge in [0.1, 0.15) is 12.5 Å². The lowest BCUT2D eigenvalue weighted by Crippen LogP contribution is -2.18. The zero-order valence-corrected chi connectivity index (χ0v) is 10.5. The summed E-state index contributed by atoms with van der Waals surface area (Å²) in [6.07, 6.45) is 7.18. The number of thiocarbonyl (C=S) groups is 1. The molecule has 2 nitrogen and oxygen atoms in total. The minimum Gasteiger partial charge on any atom is -0.460 e. The molecule has 2 rings (SSSR count). The first kappa shape index (κ1) is 12.5. The highest BCUT2D eigenvalue weighted by atomic mass is 32.1. The third kappa shape index (κ3) is 3.04. The van der Waals surface area contributed by atoms with Crippen LogP contribution in [0.15, 0.2) is 60.2 Å². The number of carbonyl (C=O) groups excluding carboxylic acids is 1. The summed E-state index contributed by atoms with van der Waals surface area (Å²) in [6, 6.07) is 9.58. The van der Waals surface area contributed by atoms with Gasteiger partial charge in [-0.1, -0.05) is 48.6 Å². The summed E-state index contributed by atoms with van der Waals surface area (Å²) in [5.74, 6) is -0.733. The van der Waals surface area contributed by atoms with Crippen LogP contribution in [0.25, 0.3) is 0 Å². The van der Waals surface area contributed by atoms with Gasteiger partial charge in [-0.15, -0.1) is 0 Å². The van der Waals surface area contributed by atoms with Crippen molar-refractivity contribution in [2.75, 3.05) is 0 Å². The van der Waals surface area contributed by atoms with Crippen LogP contribution in [-0.4, -0.2) is 11.0 Å². The maximum atomic E-state index is 11.9. The van der Waals surface area contributed by atoms with E-state index in [4.69, 9.17) is 17.0 Å².